The first kappa shape index (κ1) is 20.0. The number of pyridine rings is 1. The first-order valence-corrected chi connectivity index (χ1v) is 8.64. The number of rotatable bonds is 5. The highest BCUT2D eigenvalue weighted by Gasteiger charge is 2.34. The van der Waals surface area contributed by atoms with Crippen molar-refractivity contribution in [2.75, 3.05) is 24.5 Å². The van der Waals surface area contributed by atoms with Gasteiger partial charge in [0.1, 0.15) is 12.2 Å². The van der Waals surface area contributed by atoms with Crippen LogP contribution in [0, 0.1) is 5.92 Å². The van der Waals surface area contributed by atoms with Crippen LogP contribution in [0.2, 0.25) is 0 Å². The summed E-state index contributed by atoms with van der Waals surface area (Å²) in [6.07, 6.45) is -2.28. The number of hydrogen-bond acceptors (Lipinski definition) is 3. The van der Waals surface area contributed by atoms with E-state index in [0.717, 1.165) is 12.3 Å². The van der Waals surface area contributed by atoms with Gasteiger partial charge >= 0.3 is 6.18 Å². The van der Waals surface area contributed by atoms with Crippen LogP contribution in [0.4, 0.5) is 19.0 Å². The van der Waals surface area contributed by atoms with Crippen molar-refractivity contribution < 1.29 is 27.7 Å². The number of carbonyl (C=O) groups excluding carboxylic acids is 2. The second-order valence-corrected chi connectivity index (χ2v) is 6.35. The van der Waals surface area contributed by atoms with E-state index in [0.29, 0.717) is 38.3 Å². The highest BCUT2D eigenvalue weighted by molar-refractivity contribution is 5.88. The van der Waals surface area contributed by atoms with Crippen molar-refractivity contribution in [3.8, 4) is 0 Å². The molecule has 1 aromatic heterocycles. The van der Waals surface area contributed by atoms with E-state index in [1.165, 1.54) is 6.07 Å². The molecule has 144 valence electrons. The molecule has 9 heteroatoms. The molecule has 6 nitrogen and oxygen atoms in total. The van der Waals surface area contributed by atoms with Gasteiger partial charge in [0.25, 0.3) is 5.82 Å². The zero-order valence-electron chi connectivity index (χ0n) is 14.8. The zero-order chi connectivity index (χ0) is 19.3. The molecule has 0 aliphatic carbocycles. The quantitative estimate of drug-likeness (QED) is 0.819. The number of nitrogens with zero attached hydrogens (tertiary/aromatic N) is 1. The fourth-order valence-corrected chi connectivity index (χ4v) is 2.90. The van der Waals surface area contributed by atoms with E-state index in [-0.39, 0.29) is 17.7 Å². The summed E-state index contributed by atoms with van der Waals surface area (Å²) in [5.41, 5.74) is -0.727. The summed E-state index contributed by atoms with van der Waals surface area (Å²) >= 11 is 0. The zero-order valence-corrected chi connectivity index (χ0v) is 14.8. The summed E-state index contributed by atoms with van der Waals surface area (Å²) in [5, 5.41) is 5.36. The molecule has 0 spiro atoms. The largest absolute Gasteiger partial charge is 0.419 e. The van der Waals surface area contributed by atoms with E-state index >= 15 is 0 Å². The molecule has 0 radical (unpaired) electrons. The summed E-state index contributed by atoms with van der Waals surface area (Å²) in [6, 6.07) is 1.85. The van der Waals surface area contributed by atoms with E-state index in [1.807, 2.05) is 4.90 Å². The number of alkyl halides is 3. The van der Waals surface area contributed by atoms with Gasteiger partial charge in [0.15, 0.2) is 0 Å². The van der Waals surface area contributed by atoms with Crippen molar-refractivity contribution in [1.29, 1.82) is 0 Å². The molecule has 1 aliphatic rings. The van der Waals surface area contributed by atoms with Crippen LogP contribution in [0.15, 0.2) is 18.3 Å². The fraction of sp³-hybridized carbons (Fsp3) is 0.588. The normalized spacial score (nSPS) is 16.9. The summed E-state index contributed by atoms with van der Waals surface area (Å²) in [4.78, 5) is 28.5. The molecule has 3 N–H and O–H groups in total. The number of halogens is 3. The smallest absolute Gasteiger partial charge is 0.355 e. The van der Waals surface area contributed by atoms with E-state index < -0.39 is 17.8 Å². The lowest BCUT2D eigenvalue weighted by Crippen LogP contribution is -2.49. The molecule has 2 rings (SSSR count). The predicted molar refractivity (Wildman–Crippen MR) is 89.2 cm³/mol. The number of hydrogen-bond donors (Lipinski definition) is 2. The summed E-state index contributed by atoms with van der Waals surface area (Å²) < 4.78 is 37.8. The number of H-pyrrole nitrogens is 1. The second-order valence-electron chi connectivity index (χ2n) is 6.35. The third-order valence-electron chi connectivity index (χ3n) is 4.43. The van der Waals surface area contributed by atoms with Crippen molar-refractivity contribution in [1.82, 2.24) is 10.6 Å². The minimum Gasteiger partial charge on any atom is -0.355 e. The molecular formula is C17H24F3N4O2+. The van der Waals surface area contributed by atoms with Crippen LogP contribution in [-0.2, 0) is 15.8 Å². The molecule has 26 heavy (non-hydrogen) atoms. The highest BCUT2D eigenvalue weighted by atomic mass is 19.4. The maximum absolute atomic E-state index is 12.6. The van der Waals surface area contributed by atoms with Gasteiger partial charge in [-0.15, -0.1) is 0 Å². The Bertz CT molecular complexity index is 626. The second kappa shape index (κ2) is 8.37. The number of aromatic nitrogens is 1. The van der Waals surface area contributed by atoms with Crippen LogP contribution in [0.3, 0.4) is 0 Å². The summed E-state index contributed by atoms with van der Waals surface area (Å²) in [5.74, 6) is -0.0115. The Labute approximate surface area is 150 Å². The molecular weight excluding hydrogens is 349 g/mol. The molecule has 1 saturated heterocycles. The maximum atomic E-state index is 12.6. The predicted octanol–water partition coefficient (Wildman–Crippen LogP) is 1.38. The van der Waals surface area contributed by atoms with Crippen LogP contribution in [0.25, 0.3) is 0 Å². The van der Waals surface area contributed by atoms with Crippen molar-refractivity contribution in [2.45, 2.75) is 38.9 Å². The van der Waals surface area contributed by atoms with Gasteiger partial charge in [-0.25, -0.2) is 4.98 Å². The van der Waals surface area contributed by atoms with Gasteiger partial charge in [-0.1, -0.05) is 0 Å². The fourth-order valence-electron chi connectivity index (χ4n) is 2.90. The minimum atomic E-state index is -4.37. The van der Waals surface area contributed by atoms with Gasteiger partial charge in [0, 0.05) is 18.5 Å². The van der Waals surface area contributed by atoms with Crippen molar-refractivity contribution in [3.63, 3.8) is 0 Å². The van der Waals surface area contributed by atoms with Gasteiger partial charge in [0.05, 0.1) is 18.7 Å². The van der Waals surface area contributed by atoms with E-state index in [9.17, 15) is 22.8 Å². The van der Waals surface area contributed by atoms with E-state index in [2.05, 4.69) is 15.6 Å². The number of amides is 2. The first-order valence-electron chi connectivity index (χ1n) is 8.64. The van der Waals surface area contributed by atoms with Gasteiger partial charge in [-0.3, -0.25) is 14.5 Å². The van der Waals surface area contributed by atoms with Crippen LogP contribution < -0.4 is 20.5 Å². The number of aromatic amines is 1. The molecule has 0 saturated carbocycles. The van der Waals surface area contributed by atoms with Gasteiger partial charge in [-0.05, 0) is 32.8 Å². The third-order valence-corrected chi connectivity index (χ3v) is 4.43. The van der Waals surface area contributed by atoms with Gasteiger partial charge in [-0.2, -0.15) is 13.2 Å². The Balaban J connectivity index is 1.86. The summed E-state index contributed by atoms with van der Waals surface area (Å²) in [6.45, 7) is 5.04. The molecule has 1 atom stereocenters. The van der Waals surface area contributed by atoms with Gasteiger partial charge in [0.2, 0.25) is 11.8 Å². The topological polar surface area (TPSA) is 75.6 Å². The Kier molecular flexibility index (Phi) is 6.44. The minimum absolute atomic E-state index is 0.167. The Hall–Kier alpha value is -2.32. The molecule has 0 aromatic carbocycles. The Morgan fingerprint density at radius 1 is 1.31 bits per heavy atom. The maximum Gasteiger partial charge on any atom is 0.419 e. The third kappa shape index (κ3) is 5.09. The lowest BCUT2D eigenvalue weighted by atomic mass is 9.95. The Morgan fingerprint density at radius 2 is 1.96 bits per heavy atom. The lowest BCUT2D eigenvalue weighted by Gasteiger charge is -2.27. The molecule has 1 fully saturated rings. The van der Waals surface area contributed by atoms with Crippen LogP contribution in [0.5, 0.6) is 0 Å². The van der Waals surface area contributed by atoms with Crippen LogP contribution in [0.1, 0.15) is 32.3 Å². The number of anilines is 1. The van der Waals surface area contributed by atoms with E-state index in [1.54, 1.807) is 13.8 Å². The highest BCUT2D eigenvalue weighted by Crippen LogP contribution is 2.29. The molecule has 2 heterocycles. The molecule has 1 aliphatic heterocycles. The van der Waals surface area contributed by atoms with Crippen LogP contribution >= 0.6 is 0 Å². The van der Waals surface area contributed by atoms with Crippen molar-refractivity contribution in [2.24, 2.45) is 5.92 Å². The van der Waals surface area contributed by atoms with Gasteiger partial charge < -0.3 is 10.6 Å². The van der Waals surface area contributed by atoms with Crippen molar-refractivity contribution in [3.05, 3.63) is 23.9 Å². The number of piperidine rings is 1. The average molecular weight is 373 g/mol. The molecule has 0 unspecified atom stereocenters. The van der Waals surface area contributed by atoms with Crippen molar-refractivity contribution >= 4 is 17.6 Å². The average Bonchev–Trinajstić information content (AvgIpc) is 2.61. The summed E-state index contributed by atoms with van der Waals surface area (Å²) in [7, 11) is 0. The van der Waals surface area contributed by atoms with E-state index in [4.69, 9.17) is 0 Å². The lowest BCUT2D eigenvalue weighted by molar-refractivity contribution is -0.367. The first-order chi connectivity index (χ1) is 12.2. The monoisotopic (exact) mass is 373 g/mol. The number of likely N-dealkylation sites (N-methyl/N-ethyl adjacent to an activating group) is 1. The SMILES string of the molecule is CCNC(=O)[C@H](C)NC(=O)C1CCN(c2ccc(C(F)(F)F)c[nH+]2)CC1. The van der Waals surface area contributed by atoms with Crippen LogP contribution in [-0.4, -0.2) is 37.5 Å². The molecule has 2 amide bonds. The standard InChI is InChI=1S/C17H23F3N4O2/c1-3-21-15(25)11(2)23-16(26)12-6-8-24(9-7-12)14-5-4-13(10-22-14)17(18,19)20/h4-5,10-12H,3,6-9H2,1-2H3,(H,21,25)(H,23,26)/p+1/t11-/m0/s1. The number of nitrogens with one attached hydrogen (secondary N) is 3. The number of carbonyl (C=O) groups is 2. The Morgan fingerprint density at radius 3 is 2.46 bits per heavy atom. The molecule has 1 aromatic rings. The molecule has 0 bridgehead atoms.